The third-order valence-electron chi connectivity index (χ3n) is 7.46. The second-order valence-corrected chi connectivity index (χ2v) is 31.7. The van der Waals surface area contributed by atoms with E-state index in [1.54, 1.807) is 0 Å². The van der Waals surface area contributed by atoms with Gasteiger partial charge in [-0.25, -0.2) is 0 Å². The second-order valence-electron chi connectivity index (χ2n) is 11.0. The minimum atomic E-state index is -2.61. The van der Waals surface area contributed by atoms with Gasteiger partial charge in [0.15, 0.2) is 0 Å². The van der Waals surface area contributed by atoms with E-state index in [1.807, 2.05) is 4.90 Å². The van der Waals surface area contributed by atoms with E-state index in [2.05, 4.69) is 46.5 Å². The van der Waals surface area contributed by atoms with Crippen LogP contribution in [0.5, 0.6) is 0 Å². The first-order valence-electron chi connectivity index (χ1n) is 12.8. The molecule has 31 heavy (non-hydrogen) atoms. The summed E-state index contributed by atoms with van der Waals surface area (Å²) >= 11 is -2.61. The van der Waals surface area contributed by atoms with Gasteiger partial charge in [0.05, 0.1) is 0 Å². The van der Waals surface area contributed by atoms with Gasteiger partial charge < -0.3 is 0 Å². The molecule has 0 aromatic heterocycles. The van der Waals surface area contributed by atoms with Crippen LogP contribution in [0.1, 0.15) is 72.6 Å². The first kappa shape index (κ1) is 26.9. The maximum atomic E-state index is 12.8. The number of fused-ring (bicyclic) bond motifs is 1. The zero-order chi connectivity index (χ0) is 23.2. The topological polar surface area (TPSA) is 46.6 Å². The number of carbonyl (C=O) groups is 2. The van der Waals surface area contributed by atoms with Crippen LogP contribution >= 0.6 is 0 Å². The van der Waals surface area contributed by atoms with Gasteiger partial charge in [-0.05, 0) is 0 Å². The third-order valence-corrected chi connectivity index (χ3v) is 37.1. The van der Waals surface area contributed by atoms with Crippen LogP contribution in [0.25, 0.3) is 0 Å². The Balaban J connectivity index is 2.53. The van der Waals surface area contributed by atoms with Crippen LogP contribution in [0, 0.1) is 0 Å². The molecule has 0 aliphatic carbocycles. The van der Waals surface area contributed by atoms with Crippen molar-refractivity contribution < 1.29 is 14.3 Å². The number of amides is 1. The summed E-state index contributed by atoms with van der Waals surface area (Å²) in [6.45, 7) is 16.9. The van der Waals surface area contributed by atoms with Crippen LogP contribution < -0.4 is 0 Å². The first-order valence-corrected chi connectivity index (χ1v) is 24.1. The zero-order valence-corrected chi connectivity index (χ0v) is 25.1. The van der Waals surface area contributed by atoms with Gasteiger partial charge in [0.1, 0.15) is 0 Å². The van der Waals surface area contributed by atoms with Crippen molar-refractivity contribution in [1.29, 1.82) is 0 Å². The minimum absolute atomic E-state index is 0.00841. The van der Waals surface area contributed by atoms with Gasteiger partial charge >= 0.3 is 197 Å². The van der Waals surface area contributed by atoms with Gasteiger partial charge in [0.25, 0.3) is 0 Å². The summed E-state index contributed by atoms with van der Waals surface area (Å²) in [5.41, 5.74) is 1.52. The van der Waals surface area contributed by atoms with E-state index in [9.17, 15) is 9.59 Å². The summed E-state index contributed by atoms with van der Waals surface area (Å²) in [6.07, 6.45) is 10.4. The fraction of sp³-hybridized carbons (Fsp3) is 0.840. The molecule has 3 atom stereocenters. The van der Waals surface area contributed by atoms with Crippen molar-refractivity contribution in [2.75, 3.05) is 6.54 Å². The average molecular weight is 556 g/mol. The Bertz CT molecular complexity index is 634. The molecular weight excluding hydrogens is 509 g/mol. The summed E-state index contributed by atoms with van der Waals surface area (Å²) in [4.78, 5) is 26.6. The predicted molar refractivity (Wildman–Crippen MR) is 136 cm³/mol. The Kier molecular flexibility index (Phi) is 10.2. The molecule has 2 rings (SSSR count). The Labute approximate surface area is 196 Å². The van der Waals surface area contributed by atoms with Crippen LogP contribution in [0.15, 0.2) is 11.6 Å². The fourth-order valence-corrected chi connectivity index (χ4v) is 44.7. The quantitative estimate of drug-likeness (QED) is 0.147. The number of unbranched alkanes of at least 4 members (excludes halogenated alkanes) is 3. The van der Waals surface area contributed by atoms with Crippen molar-refractivity contribution >= 4 is 38.3 Å². The van der Waals surface area contributed by atoms with Crippen LogP contribution in [0.3, 0.4) is 0 Å². The summed E-state index contributed by atoms with van der Waals surface area (Å²) < 4.78 is 10.9. The Morgan fingerprint density at radius 2 is 1.61 bits per heavy atom. The van der Waals surface area contributed by atoms with Gasteiger partial charge in [0, 0.05) is 0 Å². The molecule has 178 valence electrons. The van der Waals surface area contributed by atoms with Gasteiger partial charge in [0.2, 0.25) is 0 Å². The second kappa shape index (κ2) is 11.7. The molecule has 0 saturated carbocycles. The van der Waals surface area contributed by atoms with Crippen molar-refractivity contribution in [2.24, 2.45) is 0 Å². The Morgan fingerprint density at radius 1 is 1.10 bits per heavy atom. The van der Waals surface area contributed by atoms with E-state index < -0.39 is 26.5 Å². The summed E-state index contributed by atoms with van der Waals surface area (Å²) in [7, 11) is -1.54. The van der Waals surface area contributed by atoms with Crippen LogP contribution in [0.2, 0.25) is 36.5 Å². The molecule has 2 aliphatic heterocycles. The van der Waals surface area contributed by atoms with Crippen molar-refractivity contribution in [3.63, 3.8) is 0 Å². The number of rotatable bonds is 13. The first-order chi connectivity index (χ1) is 14.6. The monoisotopic (exact) mass is 557 g/mol. The Morgan fingerprint density at radius 3 is 2.03 bits per heavy atom. The van der Waals surface area contributed by atoms with Crippen LogP contribution in [-0.2, 0) is 14.3 Å². The SMILES string of the molecule is CCC[CH2][Sn]([CH2]CCC)([CH2]CCC)[CH](C1=CCN2C(=O)C[C@H](OC(C)=O)[C@@H]12)[Si](C)(C)C. The number of hydrogen-bond acceptors (Lipinski definition) is 3. The zero-order valence-electron chi connectivity index (χ0n) is 21.3. The Hall–Kier alpha value is -0.304. The van der Waals surface area contributed by atoms with E-state index in [0.717, 1.165) is 10.1 Å². The standard InChI is InChI=1S/C13H20NO3Si.3C4H9.Sn/c1-9(15)17-11-7-12(16)14-6-5-10(13(11)14)8-18(2,3)4;3*1-3-4-2;/h5,8,11,13H,6-7H2,1-4H3;3*1,3-4H2,2H3;/t11-,13+;;;;/m0..../s1. The molecule has 0 radical (unpaired) electrons. The molecule has 0 bridgehead atoms. The molecule has 0 N–H and O–H groups in total. The molecule has 0 aromatic rings. The van der Waals surface area contributed by atoms with E-state index in [0.29, 0.717) is 6.42 Å². The average Bonchev–Trinajstić information content (AvgIpc) is 3.23. The van der Waals surface area contributed by atoms with Crippen molar-refractivity contribution in [3.05, 3.63) is 11.6 Å². The van der Waals surface area contributed by atoms with Crippen molar-refractivity contribution in [2.45, 2.75) is 121 Å². The predicted octanol–water partition coefficient (Wildman–Crippen LogP) is 6.56. The molecule has 1 fully saturated rings. The van der Waals surface area contributed by atoms with Gasteiger partial charge in [-0.1, -0.05) is 0 Å². The molecule has 4 nitrogen and oxygen atoms in total. The number of esters is 1. The summed E-state index contributed by atoms with van der Waals surface area (Å²) in [5, 5.41) is 0. The van der Waals surface area contributed by atoms with Gasteiger partial charge in [-0.3, -0.25) is 0 Å². The third kappa shape index (κ3) is 6.39. The number of hydrogen-bond donors (Lipinski definition) is 0. The molecule has 1 saturated heterocycles. The molecule has 6 heteroatoms. The fourth-order valence-electron chi connectivity index (χ4n) is 6.47. The van der Waals surface area contributed by atoms with E-state index in [-0.39, 0.29) is 24.0 Å². The summed E-state index contributed by atoms with van der Waals surface area (Å²) in [5.74, 6) is -0.0959. The molecule has 1 unspecified atom stereocenters. The molecular formula is C25H47NO3SiSn. The van der Waals surface area contributed by atoms with Crippen molar-refractivity contribution in [3.8, 4) is 0 Å². The molecule has 2 aliphatic rings. The van der Waals surface area contributed by atoms with Crippen LogP contribution in [0.4, 0.5) is 0 Å². The molecule has 2 heterocycles. The van der Waals surface area contributed by atoms with Gasteiger partial charge in [-0.2, -0.15) is 0 Å². The number of ether oxygens (including phenoxy) is 1. The van der Waals surface area contributed by atoms with Crippen molar-refractivity contribution in [1.82, 2.24) is 4.90 Å². The van der Waals surface area contributed by atoms with Gasteiger partial charge in [-0.15, -0.1) is 0 Å². The number of nitrogens with zero attached hydrogens (tertiary/aromatic N) is 1. The number of carbonyl (C=O) groups excluding carboxylic acids is 2. The van der Waals surface area contributed by atoms with E-state index >= 15 is 0 Å². The van der Waals surface area contributed by atoms with E-state index in [1.165, 1.54) is 64.3 Å². The molecule has 0 spiro atoms. The maximum absolute atomic E-state index is 12.8. The molecule has 1 amide bonds. The van der Waals surface area contributed by atoms with Crippen LogP contribution in [-0.4, -0.2) is 61.9 Å². The summed E-state index contributed by atoms with van der Waals surface area (Å²) in [6, 6.07) is 0.00841. The molecule has 0 aromatic carbocycles. The van der Waals surface area contributed by atoms with E-state index in [4.69, 9.17) is 4.74 Å². The normalized spacial score (nSPS) is 22.5.